The summed E-state index contributed by atoms with van der Waals surface area (Å²) in [5, 5.41) is 3.37. The van der Waals surface area contributed by atoms with Crippen LogP contribution in [-0.4, -0.2) is 31.8 Å². The molecule has 0 saturated carbocycles. The smallest absolute Gasteiger partial charge is 0.234 e. The summed E-state index contributed by atoms with van der Waals surface area (Å²) in [6.07, 6.45) is 0. The number of carbonyl (C=O) groups excluding carboxylic acids is 1. The zero-order chi connectivity index (χ0) is 14.8. The van der Waals surface area contributed by atoms with Crippen LogP contribution in [-0.2, 0) is 9.53 Å². The zero-order valence-corrected chi connectivity index (χ0v) is 12.4. The Morgan fingerprint density at radius 3 is 3.00 bits per heavy atom. The van der Waals surface area contributed by atoms with Gasteiger partial charge < -0.3 is 20.5 Å². The molecule has 5 nitrogen and oxygen atoms in total. The number of benzene rings is 1. The Morgan fingerprint density at radius 1 is 1.65 bits per heavy atom. The molecule has 0 aliphatic carbocycles. The van der Waals surface area contributed by atoms with Gasteiger partial charge in [0, 0.05) is 11.1 Å². The lowest BCUT2D eigenvalue weighted by molar-refractivity contribution is -0.125. The van der Waals surface area contributed by atoms with E-state index in [1.165, 1.54) is 0 Å². The van der Waals surface area contributed by atoms with Crippen molar-refractivity contribution in [2.24, 2.45) is 11.1 Å². The zero-order valence-electron chi connectivity index (χ0n) is 11.6. The van der Waals surface area contributed by atoms with Gasteiger partial charge in [0.2, 0.25) is 5.91 Å². The van der Waals surface area contributed by atoms with Crippen molar-refractivity contribution in [3.05, 3.63) is 23.2 Å². The molecule has 2 atom stereocenters. The maximum atomic E-state index is 12.4. The molecule has 1 aromatic carbocycles. The van der Waals surface area contributed by atoms with Gasteiger partial charge in [0.05, 0.1) is 30.9 Å². The number of nitrogens with two attached hydrogens (primary N) is 1. The van der Waals surface area contributed by atoms with Crippen LogP contribution in [0.5, 0.6) is 5.75 Å². The highest BCUT2D eigenvalue weighted by atomic mass is 35.5. The molecule has 1 aromatic rings. The van der Waals surface area contributed by atoms with Crippen molar-refractivity contribution in [1.29, 1.82) is 0 Å². The van der Waals surface area contributed by atoms with Crippen LogP contribution in [0.2, 0.25) is 5.02 Å². The molecule has 1 amide bonds. The summed E-state index contributed by atoms with van der Waals surface area (Å²) in [7, 11) is 0. The number of ether oxygens (including phenoxy) is 2. The molecule has 2 rings (SSSR count). The molecular weight excluding hydrogens is 280 g/mol. The third-order valence-corrected chi connectivity index (χ3v) is 3.76. The van der Waals surface area contributed by atoms with Gasteiger partial charge in [0.15, 0.2) is 0 Å². The highest BCUT2D eigenvalue weighted by Gasteiger charge is 2.44. The molecule has 20 heavy (non-hydrogen) atoms. The molecule has 0 radical (unpaired) electrons. The summed E-state index contributed by atoms with van der Waals surface area (Å²) >= 11 is 5.97. The van der Waals surface area contributed by atoms with Crippen LogP contribution < -0.4 is 15.8 Å². The number of anilines is 1. The van der Waals surface area contributed by atoms with E-state index in [1.54, 1.807) is 25.1 Å². The molecule has 1 aliphatic heterocycles. The van der Waals surface area contributed by atoms with Gasteiger partial charge in [-0.1, -0.05) is 11.6 Å². The molecule has 1 heterocycles. The number of rotatable bonds is 4. The van der Waals surface area contributed by atoms with E-state index in [4.69, 9.17) is 26.8 Å². The SMILES string of the molecule is CCOc1ccc(Cl)cc1NC(=O)C1(C)COCC1N. The maximum Gasteiger partial charge on any atom is 0.234 e. The molecule has 1 saturated heterocycles. The van der Waals surface area contributed by atoms with Gasteiger partial charge in [-0.25, -0.2) is 0 Å². The van der Waals surface area contributed by atoms with Gasteiger partial charge in [-0.05, 0) is 32.0 Å². The minimum Gasteiger partial charge on any atom is -0.492 e. The first kappa shape index (κ1) is 15.1. The lowest BCUT2D eigenvalue weighted by Crippen LogP contribution is -2.47. The van der Waals surface area contributed by atoms with E-state index < -0.39 is 5.41 Å². The van der Waals surface area contributed by atoms with Crippen molar-refractivity contribution in [3.8, 4) is 5.75 Å². The first-order chi connectivity index (χ1) is 9.47. The van der Waals surface area contributed by atoms with Crippen LogP contribution in [0.15, 0.2) is 18.2 Å². The third kappa shape index (κ3) is 2.90. The molecule has 0 spiro atoms. The van der Waals surface area contributed by atoms with Crippen LogP contribution in [0.1, 0.15) is 13.8 Å². The minimum absolute atomic E-state index is 0.189. The summed E-state index contributed by atoms with van der Waals surface area (Å²) < 4.78 is 10.8. The van der Waals surface area contributed by atoms with E-state index in [0.717, 1.165) is 0 Å². The quantitative estimate of drug-likeness (QED) is 0.892. The topological polar surface area (TPSA) is 73.6 Å². The standard InChI is InChI=1S/C14H19ClN2O3/c1-3-20-11-5-4-9(15)6-10(11)17-13(18)14(2)8-19-7-12(14)16/h4-6,12H,3,7-8,16H2,1-2H3,(H,17,18). The molecule has 3 N–H and O–H groups in total. The summed E-state index contributed by atoms with van der Waals surface area (Å²) in [5.74, 6) is 0.395. The summed E-state index contributed by atoms with van der Waals surface area (Å²) in [6.45, 7) is 4.87. The van der Waals surface area contributed by atoms with Crippen LogP contribution in [0, 0.1) is 5.41 Å². The Kier molecular flexibility index (Phi) is 4.52. The fraction of sp³-hybridized carbons (Fsp3) is 0.500. The van der Waals surface area contributed by atoms with Crippen LogP contribution in [0.25, 0.3) is 0 Å². The summed E-state index contributed by atoms with van der Waals surface area (Å²) in [5.41, 5.74) is 5.75. The lowest BCUT2D eigenvalue weighted by Gasteiger charge is -2.26. The number of nitrogens with one attached hydrogen (secondary N) is 1. The van der Waals surface area contributed by atoms with Gasteiger partial charge in [0.25, 0.3) is 0 Å². The fourth-order valence-corrected chi connectivity index (χ4v) is 2.24. The highest BCUT2D eigenvalue weighted by molar-refractivity contribution is 6.31. The van der Waals surface area contributed by atoms with Gasteiger partial charge in [-0.15, -0.1) is 0 Å². The predicted molar refractivity (Wildman–Crippen MR) is 78.2 cm³/mol. The van der Waals surface area contributed by atoms with E-state index in [0.29, 0.717) is 36.3 Å². The number of carbonyl (C=O) groups is 1. The second-order valence-electron chi connectivity index (χ2n) is 5.07. The first-order valence-electron chi connectivity index (χ1n) is 6.54. The number of hydrogen-bond donors (Lipinski definition) is 2. The largest absolute Gasteiger partial charge is 0.492 e. The molecule has 6 heteroatoms. The maximum absolute atomic E-state index is 12.4. The van der Waals surface area contributed by atoms with Crippen molar-refractivity contribution in [2.75, 3.05) is 25.1 Å². The van der Waals surface area contributed by atoms with E-state index in [1.807, 2.05) is 6.92 Å². The number of hydrogen-bond acceptors (Lipinski definition) is 4. The molecule has 110 valence electrons. The first-order valence-corrected chi connectivity index (χ1v) is 6.92. The van der Waals surface area contributed by atoms with Gasteiger partial charge >= 0.3 is 0 Å². The normalized spacial score (nSPS) is 25.5. The molecule has 1 aliphatic rings. The summed E-state index contributed by atoms with van der Waals surface area (Å²) in [4.78, 5) is 12.4. The Bertz CT molecular complexity index is 509. The minimum atomic E-state index is -0.744. The average Bonchev–Trinajstić information content (AvgIpc) is 2.74. The summed E-state index contributed by atoms with van der Waals surface area (Å²) in [6, 6.07) is 4.79. The van der Waals surface area contributed by atoms with Gasteiger partial charge in [-0.2, -0.15) is 0 Å². The Hall–Kier alpha value is -1.30. The van der Waals surface area contributed by atoms with Crippen molar-refractivity contribution in [1.82, 2.24) is 0 Å². The number of amides is 1. The van der Waals surface area contributed by atoms with Crippen molar-refractivity contribution in [3.63, 3.8) is 0 Å². The second-order valence-corrected chi connectivity index (χ2v) is 5.50. The van der Waals surface area contributed by atoms with E-state index in [2.05, 4.69) is 5.32 Å². The molecule has 0 bridgehead atoms. The molecule has 1 fully saturated rings. The van der Waals surface area contributed by atoms with Gasteiger partial charge in [0.1, 0.15) is 5.75 Å². The molecular formula is C14H19ClN2O3. The monoisotopic (exact) mass is 298 g/mol. The third-order valence-electron chi connectivity index (χ3n) is 3.53. The molecule has 2 unspecified atom stereocenters. The second kappa shape index (κ2) is 5.99. The van der Waals surface area contributed by atoms with Gasteiger partial charge in [-0.3, -0.25) is 4.79 Å². The molecule has 0 aromatic heterocycles. The fourth-order valence-electron chi connectivity index (χ4n) is 2.07. The Labute approximate surface area is 123 Å². The van der Waals surface area contributed by atoms with Crippen LogP contribution >= 0.6 is 11.6 Å². The number of halogens is 1. The lowest BCUT2D eigenvalue weighted by atomic mass is 9.85. The average molecular weight is 299 g/mol. The van der Waals surface area contributed by atoms with Crippen LogP contribution in [0.3, 0.4) is 0 Å². The van der Waals surface area contributed by atoms with Crippen LogP contribution in [0.4, 0.5) is 5.69 Å². The highest BCUT2D eigenvalue weighted by Crippen LogP contribution is 2.32. The van der Waals surface area contributed by atoms with Crippen molar-refractivity contribution in [2.45, 2.75) is 19.9 Å². The Morgan fingerprint density at radius 2 is 2.40 bits per heavy atom. The van der Waals surface area contributed by atoms with E-state index >= 15 is 0 Å². The van der Waals surface area contributed by atoms with Crippen molar-refractivity contribution >= 4 is 23.2 Å². The van der Waals surface area contributed by atoms with Crippen molar-refractivity contribution < 1.29 is 14.3 Å². The predicted octanol–water partition coefficient (Wildman–Crippen LogP) is 2.04. The van der Waals surface area contributed by atoms with E-state index in [-0.39, 0.29) is 11.9 Å². The Balaban J connectivity index is 2.21. The van der Waals surface area contributed by atoms with E-state index in [9.17, 15) is 4.79 Å².